The van der Waals surface area contributed by atoms with Gasteiger partial charge in [-0.2, -0.15) is 0 Å². The van der Waals surface area contributed by atoms with Gasteiger partial charge >= 0.3 is 11.9 Å². The van der Waals surface area contributed by atoms with Gasteiger partial charge in [-0.3, -0.25) is 0 Å². The Morgan fingerprint density at radius 3 is 2.00 bits per heavy atom. The first kappa shape index (κ1) is 33.5. The van der Waals surface area contributed by atoms with Gasteiger partial charge in [0.05, 0.1) is 28.4 Å². The molecule has 1 aliphatic carbocycles. The third kappa shape index (κ3) is 9.62. The number of likely N-dealkylation sites (N-methyl/N-ethyl adjacent to an activating group) is 1. The number of methoxy groups -OCH3 is 4. The van der Waals surface area contributed by atoms with Gasteiger partial charge in [0.2, 0.25) is 0 Å². The van der Waals surface area contributed by atoms with Crippen molar-refractivity contribution in [2.45, 2.75) is 39.5 Å². The Morgan fingerprint density at radius 2 is 1.56 bits per heavy atom. The molecule has 0 heterocycles. The van der Waals surface area contributed by atoms with Crippen LogP contribution in [0.4, 0.5) is 0 Å². The highest BCUT2D eigenvalue weighted by molar-refractivity contribution is 6.27. The lowest BCUT2D eigenvalue weighted by Crippen LogP contribution is -2.40. The summed E-state index contributed by atoms with van der Waals surface area (Å²) in [6, 6.07) is 6.01. The molecule has 10 nitrogen and oxygen atoms in total. The standard InChI is InChI=1S/C27H41NO5.C2H2O4/c1-20(2)27(22(10-14-29)17-25(32-6)19-26(27)33-7)11-8-12-28(3)13-9-21-15-23(30-4)18-24(16-21)31-5;3-1(4)2(5)6/h14-20,22H,8-13H2,1-7H3;(H,3,4)(H,5,6). The Hall–Kier alpha value is -3.53. The first-order valence-corrected chi connectivity index (χ1v) is 12.8. The van der Waals surface area contributed by atoms with E-state index < -0.39 is 11.9 Å². The molecule has 2 unspecified atom stereocenters. The van der Waals surface area contributed by atoms with Crippen molar-refractivity contribution >= 4 is 18.2 Å². The lowest BCUT2D eigenvalue weighted by atomic mass is 9.61. The molecule has 0 aromatic heterocycles. The van der Waals surface area contributed by atoms with E-state index in [0.717, 1.165) is 61.7 Å². The van der Waals surface area contributed by atoms with Gasteiger partial charge in [-0.15, -0.1) is 0 Å². The lowest BCUT2D eigenvalue weighted by Gasteiger charge is -2.46. The summed E-state index contributed by atoms with van der Waals surface area (Å²) in [6.07, 6.45) is 8.41. The molecule has 39 heavy (non-hydrogen) atoms. The number of carboxylic acid groups (broad SMARTS) is 2. The fourth-order valence-corrected chi connectivity index (χ4v) is 4.99. The maximum atomic E-state index is 11.5. The van der Waals surface area contributed by atoms with Crippen molar-refractivity contribution in [3.63, 3.8) is 0 Å². The topological polar surface area (TPSA) is 132 Å². The highest BCUT2D eigenvalue weighted by atomic mass is 16.5. The summed E-state index contributed by atoms with van der Waals surface area (Å²) in [5.41, 5.74) is 0.968. The van der Waals surface area contributed by atoms with Crippen LogP contribution in [0.15, 0.2) is 41.9 Å². The number of hydrogen-bond donors (Lipinski definition) is 2. The molecule has 1 aromatic rings. The van der Waals surface area contributed by atoms with Crippen molar-refractivity contribution in [3.8, 4) is 11.5 Å². The average molecular weight is 550 g/mol. The van der Waals surface area contributed by atoms with Gasteiger partial charge in [-0.05, 0) is 62.5 Å². The molecule has 0 spiro atoms. The van der Waals surface area contributed by atoms with E-state index in [1.165, 1.54) is 5.56 Å². The molecule has 0 saturated heterocycles. The molecule has 0 fully saturated rings. The van der Waals surface area contributed by atoms with Crippen LogP contribution in [0.25, 0.3) is 0 Å². The minimum atomic E-state index is -1.82. The van der Waals surface area contributed by atoms with E-state index in [0.29, 0.717) is 12.3 Å². The zero-order valence-corrected chi connectivity index (χ0v) is 24.1. The Labute approximate surface area is 231 Å². The smallest absolute Gasteiger partial charge is 0.414 e. The number of nitrogens with zero attached hydrogens (tertiary/aromatic N) is 1. The number of aliphatic carboxylic acids is 2. The molecule has 0 saturated carbocycles. The van der Waals surface area contributed by atoms with Gasteiger partial charge in [-0.25, -0.2) is 9.59 Å². The first-order valence-electron chi connectivity index (χ1n) is 12.8. The number of carboxylic acids is 2. The molecule has 1 aromatic carbocycles. The molecule has 0 radical (unpaired) electrons. The summed E-state index contributed by atoms with van der Waals surface area (Å²) >= 11 is 0. The average Bonchev–Trinajstić information content (AvgIpc) is 2.92. The van der Waals surface area contributed by atoms with Crippen LogP contribution in [-0.4, -0.2) is 81.9 Å². The van der Waals surface area contributed by atoms with Crippen LogP contribution in [0.5, 0.6) is 11.5 Å². The van der Waals surface area contributed by atoms with Crippen LogP contribution in [0.2, 0.25) is 0 Å². The quantitative estimate of drug-likeness (QED) is 0.259. The van der Waals surface area contributed by atoms with Crippen molar-refractivity contribution in [2.24, 2.45) is 17.3 Å². The van der Waals surface area contributed by atoms with Crippen molar-refractivity contribution in [1.82, 2.24) is 4.90 Å². The molecular weight excluding hydrogens is 506 g/mol. The second-order valence-electron chi connectivity index (χ2n) is 9.68. The fourth-order valence-electron chi connectivity index (χ4n) is 4.99. The van der Waals surface area contributed by atoms with Gasteiger partial charge in [0.25, 0.3) is 0 Å². The van der Waals surface area contributed by atoms with Gasteiger partial charge in [-0.1, -0.05) is 13.8 Å². The maximum Gasteiger partial charge on any atom is 0.414 e. The molecule has 218 valence electrons. The summed E-state index contributed by atoms with van der Waals surface area (Å²) in [4.78, 5) is 32.1. The van der Waals surface area contributed by atoms with E-state index in [-0.39, 0.29) is 11.3 Å². The summed E-state index contributed by atoms with van der Waals surface area (Å²) in [5, 5.41) is 14.8. The van der Waals surface area contributed by atoms with E-state index in [2.05, 4.69) is 44.0 Å². The Morgan fingerprint density at radius 1 is 0.974 bits per heavy atom. The van der Waals surface area contributed by atoms with Gasteiger partial charge in [0.15, 0.2) is 0 Å². The van der Waals surface area contributed by atoms with E-state index in [1.807, 2.05) is 12.1 Å². The van der Waals surface area contributed by atoms with Crippen molar-refractivity contribution in [3.05, 3.63) is 47.4 Å². The Balaban J connectivity index is 0.00000113. The largest absolute Gasteiger partial charge is 0.500 e. The third-order valence-corrected chi connectivity index (χ3v) is 7.10. The predicted octanol–water partition coefficient (Wildman–Crippen LogP) is 4.04. The molecule has 2 atom stereocenters. The number of hydrogen-bond acceptors (Lipinski definition) is 8. The minimum Gasteiger partial charge on any atom is -0.500 e. The van der Waals surface area contributed by atoms with Crippen LogP contribution in [-0.2, 0) is 30.3 Å². The molecule has 0 amide bonds. The molecule has 10 heteroatoms. The van der Waals surface area contributed by atoms with Crippen LogP contribution in [0.1, 0.15) is 38.7 Å². The fraction of sp³-hybridized carbons (Fsp3) is 0.552. The van der Waals surface area contributed by atoms with Gasteiger partial charge in [0, 0.05) is 36.4 Å². The van der Waals surface area contributed by atoms with Gasteiger partial charge in [0.1, 0.15) is 29.3 Å². The zero-order valence-electron chi connectivity index (χ0n) is 24.1. The van der Waals surface area contributed by atoms with Gasteiger partial charge < -0.3 is 38.9 Å². The van der Waals surface area contributed by atoms with Crippen molar-refractivity contribution in [1.29, 1.82) is 0 Å². The Kier molecular flexibility index (Phi) is 14.1. The summed E-state index contributed by atoms with van der Waals surface area (Å²) in [7, 11) is 8.87. The molecule has 0 aliphatic heterocycles. The minimum absolute atomic E-state index is 0.0551. The normalized spacial score (nSPS) is 18.3. The summed E-state index contributed by atoms with van der Waals surface area (Å²) in [5.74, 6) is 0.0245. The number of benzene rings is 1. The second-order valence-corrected chi connectivity index (χ2v) is 9.68. The van der Waals surface area contributed by atoms with E-state index in [1.54, 1.807) is 28.4 Å². The van der Waals surface area contributed by atoms with Crippen LogP contribution >= 0.6 is 0 Å². The van der Waals surface area contributed by atoms with E-state index >= 15 is 0 Å². The van der Waals surface area contributed by atoms with Crippen LogP contribution in [0, 0.1) is 17.3 Å². The number of ether oxygens (including phenoxy) is 4. The molecule has 0 bridgehead atoms. The van der Waals surface area contributed by atoms with Crippen LogP contribution in [0.3, 0.4) is 0 Å². The number of carbonyl (C=O) groups excluding carboxylic acids is 1. The number of rotatable bonds is 14. The number of carbonyl (C=O) groups is 3. The van der Waals surface area contributed by atoms with E-state index in [9.17, 15) is 4.79 Å². The summed E-state index contributed by atoms with van der Waals surface area (Å²) in [6.45, 7) is 6.33. The lowest BCUT2D eigenvalue weighted by molar-refractivity contribution is -0.159. The molecule has 2 N–H and O–H groups in total. The zero-order chi connectivity index (χ0) is 29.6. The SMILES string of the molecule is COC1=CC(CC=O)C(CCCN(C)CCc2cc(OC)cc(OC)c2)(C(C)C)C(OC)=C1.O=C(O)C(=O)O. The van der Waals surface area contributed by atoms with E-state index in [4.69, 9.17) is 38.7 Å². The van der Waals surface area contributed by atoms with Crippen molar-refractivity contribution in [2.75, 3.05) is 48.6 Å². The summed E-state index contributed by atoms with van der Waals surface area (Å²) < 4.78 is 22.1. The first-order chi connectivity index (χ1) is 18.5. The predicted molar refractivity (Wildman–Crippen MR) is 147 cm³/mol. The third-order valence-electron chi connectivity index (χ3n) is 7.10. The molecular formula is C29H43NO9. The highest BCUT2D eigenvalue weighted by Gasteiger charge is 2.46. The number of aldehydes is 1. The second kappa shape index (κ2) is 16.4. The Bertz CT molecular complexity index is 984. The highest BCUT2D eigenvalue weighted by Crippen LogP contribution is 2.51. The van der Waals surface area contributed by atoms with Crippen LogP contribution < -0.4 is 9.47 Å². The monoisotopic (exact) mass is 549 g/mol. The number of allylic oxidation sites excluding steroid dienone is 3. The van der Waals surface area contributed by atoms with Crippen molar-refractivity contribution < 1.29 is 43.5 Å². The molecule has 1 aliphatic rings. The molecule has 2 rings (SSSR count). The maximum absolute atomic E-state index is 11.5.